The second kappa shape index (κ2) is 4.85. The molecule has 0 saturated carbocycles. The van der Waals surface area contributed by atoms with Gasteiger partial charge in [-0.05, 0) is 43.0 Å². The summed E-state index contributed by atoms with van der Waals surface area (Å²) < 4.78 is 0. The Bertz CT molecular complexity index is 365. The molecule has 1 aliphatic heterocycles. The second-order valence-electron chi connectivity index (χ2n) is 4.51. The highest BCUT2D eigenvalue weighted by atomic mass is 16.3. The lowest BCUT2D eigenvalue weighted by Crippen LogP contribution is -2.24. The Morgan fingerprint density at radius 2 is 2.31 bits per heavy atom. The first-order valence-electron chi connectivity index (χ1n) is 5.94. The van der Waals surface area contributed by atoms with Crippen molar-refractivity contribution in [1.82, 2.24) is 0 Å². The number of hydrogen-bond acceptors (Lipinski definition) is 3. The summed E-state index contributed by atoms with van der Waals surface area (Å²) in [5.74, 6) is 0. The molecule has 0 aromatic heterocycles. The molecule has 0 spiro atoms. The number of fused-ring (bicyclic) bond motifs is 1. The van der Waals surface area contributed by atoms with E-state index in [1.165, 1.54) is 17.7 Å². The fourth-order valence-electron chi connectivity index (χ4n) is 2.34. The number of benzene rings is 1. The smallest absolute Gasteiger partial charge is 0.0802 e. The molecule has 3 nitrogen and oxygen atoms in total. The number of anilines is 1. The van der Waals surface area contributed by atoms with Gasteiger partial charge in [0.15, 0.2) is 0 Å². The van der Waals surface area contributed by atoms with E-state index in [2.05, 4.69) is 24.1 Å². The first kappa shape index (κ1) is 11.4. The van der Waals surface area contributed by atoms with Gasteiger partial charge in [-0.25, -0.2) is 0 Å². The number of aliphatic hydroxyl groups excluding tert-OH is 1. The lowest BCUT2D eigenvalue weighted by Gasteiger charge is -2.28. The Morgan fingerprint density at radius 1 is 1.50 bits per heavy atom. The molecule has 1 aromatic rings. The molecule has 3 heteroatoms. The van der Waals surface area contributed by atoms with Gasteiger partial charge in [0.2, 0.25) is 0 Å². The summed E-state index contributed by atoms with van der Waals surface area (Å²) >= 11 is 0. The number of hydrogen-bond donors (Lipinski definition) is 2. The van der Waals surface area contributed by atoms with Gasteiger partial charge >= 0.3 is 0 Å². The van der Waals surface area contributed by atoms with Crippen LogP contribution < -0.4 is 10.6 Å². The first-order valence-corrected chi connectivity index (χ1v) is 5.94. The second-order valence-corrected chi connectivity index (χ2v) is 4.51. The highest BCUT2D eigenvalue weighted by molar-refractivity contribution is 5.56. The van der Waals surface area contributed by atoms with E-state index in [1.54, 1.807) is 0 Å². The molecule has 0 fully saturated rings. The fraction of sp³-hybridized carbons (Fsp3) is 0.538. The van der Waals surface area contributed by atoms with Crippen molar-refractivity contribution in [3.8, 4) is 0 Å². The maximum Gasteiger partial charge on any atom is 0.0802 e. The van der Waals surface area contributed by atoms with E-state index in [4.69, 9.17) is 5.73 Å². The molecular formula is C13H20N2O. The van der Waals surface area contributed by atoms with E-state index in [0.29, 0.717) is 13.0 Å². The van der Waals surface area contributed by atoms with Crippen molar-refractivity contribution in [2.45, 2.75) is 25.4 Å². The number of rotatable bonds is 3. The minimum absolute atomic E-state index is 0.414. The largest absolute Gasteiger partial charge is 0.388 e. The van der Waals surface area contributed by atoms with Gasteiger partial charge in [-0.2, -0.15) is 0 Å². The van der Waals surface area contributed by atoms with Gasteiger partial charge in [-0.15, -0.1) is 0 Å². The SMILES string of the molecule is CN1CCCc2cc(C(O)CCN)ccc21. The van der Waals surface area contributed by atoms with E-state index < -0.39 is 6.10 Å². The van der Waals surface area contributed by atoms with Crippen LogP contribution in [0, 0.1) is 0 Å². The summed E-state index contributed by atoms with van der Waals surface area (Å²) in [7, 11) is 2.12. The van der Waals surface area contributed by atoms with Crippen molar-refractivity contribution in [2.75, 3.05) is 25.0 Å². The average molecular weight is 220 g/mol. The number of aliphatic hydroxyl groups is 1. The summed E-state index contributed by atoms with van der Waals surface area (Å²) in [4.78, 5) is 2.28. The molecular weight excluding hydrogens is 200 g/mol. The van der Waals surface area contributed by atoms with Crippen LogP contribution in [-0.4, -0.2) is 25.2 Å². The molecule has 0 saturated heterocycles. The standard InChI is InChI=1S/C13H20N2O/c1-15-8-2-3-10-9-11(4-5-12(10)15)13(16)6-7-14/h4-5,9,13,16H,2-3,6-8,14H2,1H3. The molecule has 1 aliphatic rings. The highest BCUT2D eigenvalue weighted by Crippen LogP contribution is 2.29. The van der Waals surface area contributed by atoms with Crippen LogP contribution in [0.4, 0.5) is 5.69 Å². The predicted octanol–water partition coefficient (Wildman–Crippen LogP) is 1.45. The topological polar surface area (TPSA) is 49.5 Å². The molecule has 1 atom stereocenters. The predicted molar refractivity (Wildman–Crippen MR) is 66.7 cm³/mol. The summed E-state index contributed by atoms with van der Waals surface area (Å²) in [6.45, 7) is 1.65. The molecule has 2 rings (SSSR count). The van der Waals surface area contributed by atoms with Gasteiger partial charge in [0, 0.05) is 19.3 Å². The van der Waals surface area contributed by atoms with Crippen LogP contribution in [0.1, 0.15) is 30.1 Å². The third-order valence-electron chi connectivity index (χ3n) is 3.28. The van der Waals surface area contributed by atoms with E-state index in [1.807, 2.05) is 6.07 Å². The third kappa shape index (κ3) is 2.20. The van der Waals surface area contributed by atoms with E-state index >= 15 is 0 Å². The van der Waals surface area contributed by atoms with E-state index in [9.17, 15) is 5.11 Å². The molecule has 1 aromatic carbocycles. The van der Waals surface area contributed by atoms with Gasteiger partial charge in [-0.3, -0.25) is 0 Å². The Balaban J connectivity index is 2.24. The lowest BCUT2D eigenvalue weighted by molar-refractivity contribution is 0.170. The zero-order chi connectivity index (χ0) is 11.5. The molecule has 1 heterocycles. The highest BCUT2D eigenvalue weighted by Gasteiger charge is 2.15. The summed E-state index contributed by atoms with van der Waals surface area (Å²) in [5.41, 5.74) is 9.11. The Hall–Kier alpha value is -1.06. The Labute approximate surface area is 96.9 Å². The van der Waals surface area contributed by atoms with Crippen molar-refractivity contribution in [2.24, 2.45) is 5.73 Å². The van der Waals surface area contributed by atoms with Gasteiger partial charge in [0.05, 0.1) is 6.10 Å². The van der Waals surface area contributed by atoms with Crippen molar-refractivity contribution in [1.29, 1.82) is 0 Å². The van der Waals surface area contributed by atoms with Crippen LogP contribution in [0.25, 0.3) is 0 Å². The summed E-state index contributed by atoms with van der Waals surface area (Å²) in [5, 5.41) is 9.89. The van der Waals surface area contributed by atoms with Crippen LogP contribution in [0.3, 0.4) is 0 Å². The maximum atomic E-state index is 9.89. The fourth-order valence-corrected chi connectivity index (χ4v) is 2.34. The monoisotopic (exact) mass is 220 g/mol. The molecule has 3 N–H and O–H groups in total. The van der Waals surface area contributed by atoms with Gasteiger partial charge in [-0.1, -0.05) is 12.1 Å². The molecule has 0 amide bonds. The molecule has 0 radical (unpaired) electrons. The van der Waals surface area contributed by atoms with E-state index in [0.717, 1.165) is 18.5 Å². The first-order chi connectivity index (χ1) is 7.72. The van der Waals surface area contributed by atoms with Crippen molar-refractivity contribution >= 4 is 5.69 Å². The van der Waals surface area contributed by atoms with Crippen molar-refractivity contribution in [3.63, 3.8) is 0 Å². The number of aryl methyl sites for hydroxylation is 1. The number of nitrogens with zero attached hydrogens (tertiary/aromatic N) is 1. The van der Waals surface area contributed by atoms with Crippen LogP contribution in [0.15, 0.2) is 18.2 Å². The summed E-state index contributed by atoms with van der Waals surface area (Å²) in [6.07, 6.45) is 2.53. The third-order valence-corrected chi connectivity index (χ3v) is 3.28. The zero-order valence-corrected chi connectivity index (χ0v) is 9.82. The molecule has 0 aliphatic carbocycles. The van der Waals surface area contributed by atoms with Crippen LogP contribution in [-0.2, 0) is 6.42 Å². The van der Waals surface area contributed by atoms with Gasteiger partial charge in [0.25, 0.3) is 0 Å². The molecule has 88 valence electrons. The van der Waals surface area contributed by atoms with Crippen molar-refractivity contribution < 1.29 is 5.11 Å². The van der Waals surface area contributed by atoms with Crippen molar-refractivity contribution in [3.05, 3.63) is 29.3 Å². The van der Waals surface area contributed by atoms with Gasteiger partial charge in [0.1, 0.15) is 0 Å². The molecule has 1 unspecified atom stereocenters. The molecule has 0 bridgehead atoms. The normalized spacial score (nSPS) is 17.1. The molecule has 16 heavy (non-hydrogen) atoms. The minimum Gasteiger partial charge on any atom is -0.388 e. The lowest BCUT2D eigenvalue weighted by atomic mass is 9.97. The quantitative estimate of drug-likeness (QED) is 0.810. The summed E-state index contributed by atoms with van der Waals surface area (Å²) in [6, 6.07) is 6.26. The average Bonchev–Trinajstić information content (AvgIpc) is 2.29. The van der Waals surface area contributed by atoms with Gasteiger partial charge < -0.3 is 15.7 Å². The Morgan fingerprint density at radius 3 is 3.06 bits per heavy atom. The van der Waals surface area contributed by atoms with Crippen LogP contribution in [0.5, 0.6) is 0 Å². The Kier molecular flexibility index (Phi) is 3.46. The maximum absolute atomic E-state index is 9.89. The zero-order valence-electron chi connectivity index (χ0n) is 9.82. The van der Waals surface area contributed by atoms with Crippen LogP contribution >= 0.6 is 0 Å². The van der Waals surface area contributed by atoms with E-state index in [-0.39, 0.29) is 0 Å². The minimum atomic E-state index is -0.414. The number of nitrogens with two attached hydrogens (primary N) is 1. The van der Waals surface area contributed by atoms with Crippen LogP contribution in [0.2, 0.25) is 0 Å².